The Labute approximate surface area is 71.9 Å². The first-order valence-electron chi connectivity index (χ1n) is 2.99. The molecule has 0 fully saturated rings. The summed E-state index contributed by atoms with van der Waals surface area (Å²) in [5.41, 5.74) is 0. The normalized spacial score (nSPS) is 17.6. The molecule has 0 aromatic rings. The Balaban J connectivity index is 4.73. The van der Waals surface area contributed by atoms with Crippen LogP contribution >= 0.6 is 8.69 Å². The van der Waals surface area contributed by atoms with Crippen molar-refractivity contribution < 1.29 is 26.8 Å². The molecule has 1 unspecified atom stereocenters. The quantitative estimate of drug-likeness (QED) is 0.415. The van der Waals surface area contributed by atoms with Crippen molar-refractivity contribution in [3.05, 3.63) is 0 Å². The van der Waals surface area contributed by atoms with Crippen LogP contribution in [0.4, 0.5) is 0 Å². The van der Waals surface area contributed by atoms with E-state index in [2.05, 4.69) is 9.26 Å². The predicted octanol–water partition coefficient (Wildman–Crippen LogP) is 0.808. The molecule has 0 aliphatic heterocycles. The van der Waals surface area contributed by atoms with Gasteiger partial charge in [0, 0.05) is 13.5 Å². The highest BCUT2D eigenvalue weighted by atomic mass is 32.2. The second-order valence-electron chi connectivity index (χ2n) is 1.94. The summed E-state index contributed by atoms with van der Waals surface area (Å²) in [7, 11) is -5.42. The van der Waals surface area contributed by atoms with Gasteiger partial charge in [-0.25, -0.2) is 9.09 Å². The van der Waals surface area contributed by atoms with Crippen molar-refractivity contribution in [1.29, 1.82) is 0 Å². The molecule has 0 aliphatic rings. The molecule has 0 saturated carbocycles. The standard InChI is InChI=1S/C4H9O6PS/c1-3-9-4(2,10-11-5)12(6,7)8/h3H2,1-2H3,(H,6,7,8). The van der Waals surface area contributed by atoms with E-state index in [9.17, 15) is 13.0 Å². The SMILES string of the molecule is CCOC(C)(OP=O)S(=O)(=O)O. The molecular formula is C4H9O6PS. The van der Waals surface area contributed by atoms with Gasteiger partial charge in [0.15, 0.2) is 0 Å². The fourth-order valence-electron chi connectivity index (χ4n) is 0.478. The van der Waals surface area contributed by atoms with Crippen molar-refractivity contribution in [3.63, 3.8) is 0 Å². The lowest BCUT2D eigenvalue weighted by atomic mass is 10.7. The van der Waals surface area contributed by atoms with Gasteiger partial charge in [0.25, 0.3) is 0 Å². The molecule has 0 aliphatic carbocycles. The topological polar surface area (TPSA) is 89.9 Å². The summed E-state index contributed by atoms with van der Waals surface area (Å²) in [6.45, 7) is 2.47. The third-order valence-electron chi connectivity index (χ3n) is 1.08. The maximum Gasteiger partial charge on any atom is 0.331 e. The third-order valence-corrected chi connectivity index (χ3v) is 2.76. The van der Waals surface area contributed by atoms with E-state index < -0.39 is 23.9 Å². The molecule has 0 rings (SSSR count). The van der Waals surface area contributed by atoms with E-state index in [0.717, 1.165) is 6.92 Å². The lowest BCUT2D eigenvalue weighted by molar-refractivity contribution is -0.0986. The first kappa shape index (κ1) is 11.9. The Kier molecular flexibility index (Phi) is 4.22. The number of hydrogen-bond acceptors (Lipinski definition) is 5. The van der Waals surface area contributed by atoms with Crippen LogP contribution in [0, 0.1) is 0 Å². The monoisotopic (exact) mass is 216 g/mol. The van der Waals surface area contributed by atoms with Gasteiger partial charge in [-0.1, -0.05) is 0 Å². The Morgan fingerprint density at radius 3 is 2.33 bits per heavy atom. The van der Waals surface area contributed by atoms with Crippen LogP contribution in [0.25, 0.3) is 0 Å². The van der Waals surface area contributed by atoms with E-state index in [1.54, 1.807) is 0 Å². The fraction of sp³-hybridized carbons (Fsp3) is 1.00. The number of rotatable bonds is 5. The molecule has 0 radical (unpaired) electrons. The minimum absolute atomic E-state index is 0.00576. The van der Waals surface area contributed by atoms with Crippen molar-refractivity contribution in [3.8, 4) is 0 Å². The molecule has 6 nitrogen and oxygen atoms in total. The Hall–Kier alpha value is -0.0700. The molecule has 0 bridgehead atoms. The number of hydrogen-bond donors (Lipinski definition) is 1. The van der Waals surface area contributed by atoms with Gasteiger partial charge in [0.05, 0.1) is 0 Å². The molecule has 0 saturated heterocycles. The summed E-state index contributed by atoms with van der Waals surface area (Å²) in [5.74, 6) is 0. The molecular weight excluding hydrogens is 207 g/mol. The van der Waals surface area contributed by atoms with E-state index >= 15 is 0 Å². The maximum absolute atomic E-state index is 10.6. The van der Waals surface area contributed by atoms with Gasteiger partial charge in [0.1, 0.15) is 0 Å². The van der Waals surface area contributed by atoms with Crippen molar-refractivity contribution in [2.24, 2.45) is 0 Å². The molecule has 12 heavy (non-hydrogen) atoms. The summed E-state index contributed by atoms with van der Waals surface area (Å²) in [6, 6.07) is 0. The van der Waals surface area contributed by atoms with E-state index in [1.807, 2.05) is 0 Å². The lowest BCUT2D eigenvalue weighted by Crippen LogP contribution is -2.38. The lowest BCUT2D eigenvalue weighted by Gasteiger charge is -2.21. The second kappa shape index (κ2) is 4.25. The summed E-state index contributed by atoms with van der Waals surface area (Å²) < 4.78 is 48.5. The fourth-order valence-corrected chi connectivity index (χ4v) is 1.40. The molecule has 0 aromatic carbocycles. The minimum Gasteiger partial charge on any atom is -0.336 e. The molecule has 0 heterocycles. The zero-order chi connectivity index (χ0) is 9.83. The first-order chi connectivity index (χ1) is 5.37. The first-order valence-corrected chi connectivity index (χ1v) is 5.16. The Morgan fingerprint density at radius 1 is 1.58 bits per heavy atom. The third kappa shape index (κ3) is 2.76. The van der Waals surface area contributed by atoms with Crippen LogP contribution in [-0.2, 0) is 23.9 Å². The molecule has 72 valence electrons. The summed E-state index contributed by atoms with van der Waals surface area (Å²) >= 11 is 0. The van der Waals surface area contributed by atoms with Crippen LogP contribution in [0.5, 0.6) is 0 Å². The van der Waals surface area contributed by atoms with E-state index in [1.165, 1.54) is 6.92 Å². The predicted molar refractivity (Wildman–Crippen MR) is 40.3 cm³/mol. The molecule has 0 spiro atoms. The van der Waals surface area contributed by atoms with Crippen LogP contribution in [0.15, 0.2) is 0 Å². The summed E-state index contributed by atoms with van der Waals surface area (Å²) in [5, 5.41) is -2.26. The van der Waals surface area contributed by atoms with Gasteiger partial charge < -0.3 is 4.74 Å². The zero-order valence-electron chi connectivity index (χ0n) is 6.55. The molecule has 1 N–H and O–H groups in total. The van der Waals surface area contributed by atoms with E-state index in [0.29, 0.717) is 0 Å². The average Bonchev–Trinajstić information content (AvgIpc) is 1.86. The minimum atomic E-state index is -4.54. The Morgan fingerprint density at radius 2 is 2.08 bits per heavy atom. The highest BCUT2D eigenvalue weighted by Crippen LogP contribution is 2.23. The highest BCUT2D eigenvalue weighted by molar-refractivity contribution is 7.87. The van der Waals surface area contributed by atoms with Crippen molar-refractivity contribution >= 4 is 18.8 Å². The van der Waals surface area contributed by atoms with Crippen LogP contribution in [0.3, 0.4) is 0 Å². The van der Waals surface area contributed by atoms with Gasteiger partial charge in [-0.2, -0.15) is 8.42 Å². The van der Waals surface area contributed by atoms with E-state index in [-0.39, 0.29) is 6.61 Å². The van der Waals surface area contributed by atoms with Gasteiger partial charge in [-0.15, -0.1) is 0 Å². The average molecular weight is 216 g/mol. The second-order valence-corrected chi connectivity index (χ2v) is 3.96. The highest BCUT2D eigenvalue weighted by Gasteiger charge is 2.41. The molecule has 0 amide bonds. The van der Waals surface area contributed by atoms with Crippen molar-refractivity contribution in [1.82, 2.24) is 0 Å². The number of ether oxygens (including phenoxy) is 1. The van der Waals surface area contributed by atoms with Crippen molar-refractivity contribution in [2.45, 2.75) is 19.0 Å². The zero-order valence-corrected chi connectivity index (χ0v) is 8.26. The van der Waals surface area contributed by atoms with Crippen molar-refractivity contribution in [2.75, 3.05) is 6.61 Å². The summed E-state index contributed by atoms with van der Waals surface area (Å²) in [6.07, 6.45) is 0. The molecule has 1 atom stereocenters. The molecule has 8 heteroatoms. The van der Waals surface area contributed by atoms with Gasteiger partial charge in [-0.05, 0) is 6.92 Å². The van der Waals surface area contributed by atoms with Crippen LogP contribution in [0.1, 0.15) is 13.8 Å². The van der Waals surface area contributed by atoms with E-state index in [4.69, 9.17) is 4.55 Å². The Bertz CT molecular complexity index is 248. The van der Waals surface area contributed by atoms with Gasteiger partial charge >= 0.3 is 23.9 Å². The van der Waals surface area contributed by atoms with Gasteiger partial charge in [0.2, 0.25) is 0 Å². The van der Waals surface area contributed by atoms with Crippen LogP contribution in [-0.4, -0.2) is 24.7 Å². The summed E-state index contributed by atoms with van der Waals surface area (Å²) in [4.78, 5) is 0. The van der Waals surface area contributed by atoms with Crippen LogP contribution < -0.4 is 0 Å². The largest absolute Gasteiger partial charge is 0.336 e. The molecule has 0 aromatic heterocycles. The van der Waals surface area contributed by atoms with Gasteiger partial charge in [-0.3, -0.25) is 4.55 Å². The smallest absolute Gasteiger partial charge is 0.331 e. The maximum atomic E-state index is 10.6. The van der Waals surface area contributed by atoms with Crippen LogP contribution in [0.2, 0.25) is 0 Å².